The molecule has 110 valence electrons. The van der Waals surface area contributed by atoms with Crippen LogP contribution in [0.15, 0.2) is 36.4 Å². The first kappa shape index (κ1) is 14.0. The van der Waals surface area contributed by atoms with Crippen molar-refractivity contribution in [2.24, 2.45) is 0 Å². The number of fused-ring (bicyclic) bond motifs is 1. The van der Waals surface area contributed by atoms with Gasteiger partial charge in [0, 0.05) is 5.56 Å². The number of benzene rings is 2. The Morgan fingerprint density at radius 1 is 1.19 bits per heavy atom. The summed E-state index contributed by atoms with van der Waals surface area (Å²) in [5, 5.41) is 9.89. The predicted molar refractivity (Wildman–Crippen MR) is 75.0 cm³/mol. The highest BCUT2D eigenvalue weighted by molar-refractivity contribution is 5.38. The Kier molecular flexibility index (Phi) is 3.88. The second kappa shape index (κ2) is 5.82. The molecule has 0 heterocycles. The van der Waals surface area contributed by atoms with E-state index in [0.29, 0.717) is 5.75 Å². The summed E-state index contributed by atoms with van der Waals surface area (Å²) in [6.45, 7) is -0.0229. The van der Waals surface area contributed by atoms with Crippen LogP contribution in [0.25, 0.3) is 0 Å². The van der Waals surface area contributed by atoms with Gasteiger partial charge in [-0.1, -0.05) is 18.2 Å². The Bertz CT molecular complexity index is 655. The number of ether oxygens (including phenoxy) is 1. The van der Waals surface area contributed by atoms with Crippen LogP contribution in [0.5, 0.6) is 5.75 Å². The van der Waals surface area contributed by atoms with E-state index < -0.39 is 17.7 Å². The quantitative estimate of drug-likeness (QED) is 0.928. The lowest BCUT2D eigenvalue weighted by Gasteiger charge is -2.21. The first-order chi connectivity index (χ1) is 10.1. The summed E-state index contributed by atoms with van der Waals surface area (Å²) in [5.74, 6) is -1.14. The monoisotopic (exact) mass is 290 g/mol. The van der Waals surface area contributed by atoms with E-state index in [1.807, 2.05) is 12.1 Å². The zero-order valence-electron chi connectivity index (χ0n) is 11.5. The molecule has 0 aliphatic heterocycles. The van der Waals surface area contributed by atoms with Crippen LogP contribution in [-0.2, 0) is 13.0 Å². The molecule has 4 heteroatoms. The number of hydrogen-bond acceptors (Lipinski definition) is 2. The molecule has 2 nitrogen and oxygen atoms in total. The fourth-order valence-electron chi connectivity index (χ4n) is 2.68. The Balaban J connectivity index is 1.75. The number of rotatable bonds is 3. The van der Waals surface area contributed by atoms with Crippen molar-refractivity contribution in [2.45, 2.75) is 32.0 Å². The summed E-state index contributed by atoms with van der Waals surface area (Å²) >= 11 is 0. The summed E-state index contributed by atoms with van der Waals surface area (Å²) in [7, 11) is 0. The first-order valence-corrected chi connectivity index (χ1v) is 7.02. The highest BCUT2D eigenvalue weighted by Gasteiger charge is 2.18. The molecule has 0 radical (unpaired) electrons. The van der Waals surface area contributed by atoms with Gasteiger partial charge >= 0.3 is 0 Å². The molecule has 3 rings (SSSR count). The standard InChI is InChI=1S/C17H16F2O2/c18-15-5-1-4-12(17(15)19)10-21-13-7-8-14-11(9-13)3-2-6-16(14)20/h1,4-5,7-9,16,20H,2-3,6,10H2. The van der Waals surface area contributed by atoms with Gasteiger partial charge in [0.15, 0.2) is 11.6 Å². The zero-order chi connectivity index (χ0) is 14.8. The number of aliphatic hydroxyl groups excluding tert-OH is 1. The van der Waals surface area contributed by atoms with Gasteiger partial charge in [-0.05, 0) is 48.6 Å². The topological polar surface area (TPSA) is 29.5 Å². The van der Waals surface area contributed by atoms with Crippen molar-refractivity contribution in [1.29, 1.82) is 0 Å². The summed E-state index contributed by atoms with van der Waals surface area (Å²) in [4.78, 5) is 0. The van der Waals surface area contributed by atoms with Crippen molar-refractivity contribution >= 4 is 0 Å². The van der Waals surface area contributed by atoms with Gasteiger partial charge in [0.2, 0.25) is 0 Å². The molecular formula is C17H16F2O2. The van der Waals surface area contributed by atoms with Gasteiger partial charge in [0.05, 0.1) is 6.10 Å². The highest BCUT2D eigenvalue weighted by Crippen LogP contribution is 2.32. The maximum Gasteiger partial charge on any atom is 0.165 e. The summed E-state index contributed by atoms with van der Waals surface area (Å²) in [5.41, 5.74) is 2.18. The predicted octanol–water partition coefficient (Wildman–Crippen LogP) is 3.91. The molecule has 1 N–H and O–H groups in total. The molecule has 1 atom stereocenters. The number of aliphatic hydroxyl groups is 1. The molecule has 0 bridgehead atoms. The van der Waals surface area contributed by atoms with Crippen molar-refractivity contribution < 1.29 is 18.6 Å². The van der Waals surface area contributed by atoms with Gasteiger partial charge in [-0.25, -0.2) is 8.78 Å². The van der Waals surface area contributed by atoms with Gasteiger partial charge in [-0.15, -0.1) is 0 Å². The van der Waals surface area contributed by atoms with E-state index in [2.05, 4.69) is 0 Å². The van der Waals surface area contributed by atoms with Crippen LogP contribution in [0.1, 0.15) is 35.6 Å². The summed E-state index contributed by atoms with van der Waals surface area (Å²) in [6.07, 6.45) is 2.21. The number of halogens is 2. The molecule has 0 spiro atoms. The maximum absolute atomic E-state index is 13.5. The molecule has 0 aromatic heterocycles. The Morgan fingerprint density at radius 3 is 2.90 bits per heavy atom. The van der Waals surface area contributed by atoms with Crippen molar-refractivity contribution in [3.63, 3.8) is 0 Å². The second-order valence-corrected chi connectivity index (χ2v) is 5.27. The lowest BCUT2D eigenvalue weighted by molar-refractivity contribution is 0.156. The van der Waals surface area contributed by atoms with E-state index >= 15 is 0 Å². The first-order valence-electron chi connectivity index (χ1n) is 7.02. The molecule has 2 aromatic carbocycles. The third-order valence-corrected chi connectivity index (χ3v) is 3.82. The SMILES string of the molecule is OC1CCCc2cc(OCc3cccc(F)c3F)ccc21. The Morgan fingerprint density at radius 2 is 2.05 bits per heavy atom. The third-order valence-electron chi connectivity index (χ3n) is 3.82. The average Bonchev–Trinajstić information content (AvgIpc) is 2.49. The lowest BCUT2D eigenvalue weighted by Crippen LogP contribution is -2.09. The Labute approximate surface area is 122 Å². The van der Waals surface area contributed by atoms with Crippen LogP contribution in [0.4, 0.5) is 8.78 Å². The van der Waals surface area contributed by atoms with E-state index in [1.54, 1.807) is 6.07 Å². The van der Waals surface area contributed by atoms with E-state index in [9.17, 15) is 13.9 Å². The molecule has 0 saturated carbocycles. The van der Waals surface area contributed by atoms with Crippen LogP contribution < -0.4 is 4.74 Å². The van der Waals surface area contributed by atoms with Crippen LogP contribution in [0, 0.1) is 11.6 Å². The Hall–Kier alpha value is -1.94. The molecular weight excluding hydrogens is 274 g/mol. The average molecular weight is 290 g/mol. The fourth-order valence-corrected chi connectivity index (χ4v) is 2.68. The van der Waals surface area contributed by atoms with Gasteiger partial charge in [-0.2, -0.15) is 0 Å². The van der Waals surface area contributed by atoms with Crippen molar-refractivity contribution in [3.8, 4) is 5.75 Å². The number of hydrogen-bond donors (Lipinski definition) is 1. The lowest BCUT2D eigenvalue weighted by atomic mass is 9.89. The van der Waals surface area contributed by atoms with Crippen molar-refractivity contribution in [2.75, 3.05) is 0 Å². The molecule has 0 saturated heterocycles. The normalized spacial score (nSPS) is 17.4. The van der Waals surface area contributed by atoms with Crippen LogP contribution in [0.2, 0.25) is 0 Å². The van der Waals surface area contributed by atoms with E-state index in [1.165, 1.54) is 12.1 Å². The highest BCUT2D eigenvalue weighted by atomic mass is 19.2. The third kappa shape index (κ3) is 2.90. The maximum atomic E-state index is 13.5. The summed E-state index contributed by atoms with van der Waals surface area (Å²) in [6, 6.07) is 9.51. The fraction of sp³-hybridized carbons (Fsp3) is 0.294. The van der Waals surface area contributed by atoms with Crippen LogP contribution >= 0.6 is 0 Å². The molecule has 0 amide bonds. The smallest absolute Gasteiger partial charge is 0.165 e. The van der Waals surface area contributed by atoms with E-state index in [4.69, 9.17) is 4.74 Å². The largest absolute Gasteiger partial charge is 0.489 e. The zero-order valence-corrected chi connectivity index (χ0v) is 11.5. The molecule has 1 unspecified atom stereocenters. The van der Waals surface area contributed by atoms with Gasteiger partial charge < -0.3 is 9.84 Å². The second-order valence-electron chi connectivity index (χ2n) is 5.27. The van der Waals surface area contributed by atoms with Crippen molar-refractivity contribution in [3.05, 3.63) is 64.7 Å². The van der Waals surface area contributed by atoms with Gasteiger partial charge in [0.1, 0.15) is 12.4 Å². The minimum atomic E-state index is -0.871. The van der Waals surface area contributed by atoms with Gasteiger partial charge in [0.25, 0.3) is 0 Å². The minimum absolute atomic E-state index is 0.0229. The van der Waals surface area contributed by atoms with E-state index in [-0.39, 0.29) is 12.2 Å². The number of aryl methyl sites for hydroxylation is 1. The van der Waals surface area contributed by atoms with Crippen LogP contribution in [-0.4, -0.2) is 5.11 Å². The molecule has 1 aliphatic rings. The molecule has 21 heavy (non-hydrogen) atoms. The van der Waals surface area contributed by atoms with E-state index in [0.717, 1.165) is 36.5 Å². The minimum Gasteiger partial charge on any atom is -0.489 e. The summed E-state index contributed by atoms with van der Waals surface area (Å²) < 4.78 is 32.2. The van der Waals surface area contributed by atoms with Crippen LogP contribution in [0.3, 0.4) is 0 Å². The van der Waals surface area contributed by atoms with Crippen molar-refractivity contribution in [1.82, 2.24) is 0 Å². The molecule has 2 aromatic rings. The van der Waals surface area contributed by atoms with Gasteiger partial charge in [-0.3, -0.25) is 0 Å². The molecule has 0 fully saturated rings. The molecule has 1 aliphatic carbocycles.